The van der Waals surface area contributed by atoms with Crippen molar-refractivity contribution in [3.63, 3.8) is 0 Å². The molecule has 0 atom stereocenters. The average molecular weight is 450 g/mol. The first-order valence-electron chi connectivity index (χ1n) is 10.4. The number of nitrogens with zero attached hydrogens (tertiary/aromatic N) is 2. The van der Waals surface area contributed by atoms with Crippen molar-refractivity contribution in [1.29, 1.82) is 0 Å². The van der Waals surface area contributed by atoms with E-state index in [4.69, 9.17) is 14.2 Å². The van der Waals surface area contributed by atoms with Crippen LogP contribution < -0.4 is 14.9 Å². The Morgan fingerprint density at radius 3 is 2.55 bits per heavy atom. The standard InChI is InChI=1S/C25H27N3O5/c1-6-33-25(30)18-8-7-9-20(13-18)28-16(2)12-19(17(28)3)15-26-27-24(29)22-11-10-21(31-4)14-23(22)32-5/h7-15H,6H2,1-5H3,(H,27,29)/b26-15-. The van der Waals surface area contributed by atoms with Crippen molar-refractivity contribution >= 4 is 18.1 Å². The molecule has 1 amide bonds. The molecule has 3 rings (SSSR count). The van der Waals surface area contributed by atoms with Gasteiger partial charge in [-0.05, 0) is 57.2 Å². The lowest BCUT2D eigenvalue weighted by atomic mass is 10.2. The number of aryl methyl sites for hydroxylation is 1. The highest BCUT2D eigenvalue weighted by molar-refractivity contribution is 5.97. The Morgan fingerprint density at radius 1 is 1.06 bits per heavy atom. The lowest BCUT2D eigenvalue weighted by Gasteiger charge is -2.11. The third-order valence-electron chi connectivity index (χ3n) is 5.11. The highest BCUT2D eigenvalue weighted by Gasteiger charge is 2.14. The highest BCUT2D eigenvalue weighted by Crippen LogP contribution is 2.24. The van der Waals surface area contributed by atoms with Crippen LogP contribution in [0, 0.1) is 13.8 Å². The molecule has 3 aromatic rings. The molecular formula is C25H27N3O5. The Kier molecular flexibility index (Phi) is 7.50. The minimum Gasteiger partial charge on any atom is -0.497 e. The van der Waals surface area contributed by atoms with E-state index >= 15 is 0 Å². The van der Waals surface area contributed by atoms with Gasteiger partial charge in [0.25, 0.3) is 5.91 Å². The third kappa shape index (κ3) is 5.23. The molecule has 0 unspecified atom stereocenters. The summed E-state index contributed by atoms with van der Waals surface area (Å²) in [6, 6.07) is 14.1. The zero-order valence-electron chi connectivity index (χ0n) is 19.3. The number of ether oxygens (including phenoxy) is 3. The molecule has 1 N–H and O–H groups in total. The van der Waals surface area contributed by atoms with E-state index in [9.17, 15) is 9.59 Å². The summed E-state index contributed by atoms with van der Waals surface area (Å²) in [4.78, 5) is 24.7. The second-order valence-electron chi connectivity index (χ2n) is 7.20. The first-order valence-corrected chi connectivity index (χ1v) is 10.4. The topological polar surface area (TPSA) is 91.2 Å². The summed E-state index contributed by atoms with van der Waals surface area (Å²) in [5.41, 5.74) is 6.89. The largest absolute Gasteiger partial charge is 0.497 e. The van der Waals surface area contributed by atoms with Gasteiger partial charge in [-0.3, -0.25) is 4.79 Å². The minimum absolute atomic E-state index is 0.319. The van der Waals surface area contributed by atoms with Crippen LogP contribution in [0.5, 0.6) is 11.5 Å². The van der Waals surface area contributed by atoms with Crippen LogP contribution in [0.15, 0.2) is 53.6 Å². The summed E-state index contributed by atoms with van der Waals surface area (Å²) in [6.07, 6.45) is 1.59. The Balaban J connectivity index is 1.80. The predicted octanol–water partition coefficient (Wildman–Crippen LogP) is 4.05. The summed E-state index contributed by atoms with van der Waals surface area (Å²) < 4.78 is 17.5. The lowest BCUT2D eigenvalue weighted by Crippen LogP contribution is -2.18. The van der Waals surface area contributed by atoms with E-state index in [0.29, 0.717) is 29.2 Å². The highest BCUT2D eigenvalue weighted by atomic mass is 16.5. The summed E-state index contributed by atoms with van der Waals surface area (Å²) >= 11 is 0. The van der Waals surface area contributed by atoms with Gasteiger partial charge in [0, 0.05) is 28.7 Å². The van der Waals surface area contributed by atoms with Gasteiger partial charge in [-0.2, -0.15) is 5.10 Å². The molecule has 0 radical (unpaired) electrons. The molecule has 0 aliphatic rings. The van der Waals surface area contributed by atoms with Gasteiger partial charge in [0.1, 0.15) is 11.5 Å². The molecule has 0 saturated carbocycles. The normalized spacial score (nSPS) is 10.8. The van der Waals surface area contributed by atoms with E-state index in [1.165, 1.54) is 7.11 Å². The summed E-state index contributed by atoms with van der Waals surface area (Å²) in [5.74, 6) is 0.218. The van der Waals surface area contributed by atoms with Crippen molar-refractivity contribution in [2.45, 2.75) is 20.8 Å². The van der Waals surface area contributed by atoms with Gasteiger partial charge >= 0.3 is 5.97 Å². The molecule has 33 heavy (non-hydrogen) atoms. The lowest BCUT2D eigenvalue weighted by molar-refractivity contribution is 0.0526. The van der Waals surface area contributed by atoms with Gasteiger partial charge < -0.3 is 18.8 Å². The maximum absolute atomic E-state index is 12.6. The second-order valence-corrected chi connectivity index (χ2v) is 7.20. The van der Waals surface area contributed by atoms with E-state index in [0.717, 1.165) is 22.6 Å². The number of hydrogen-bond donors (Lipinski definition) is 1. The summed E-state index contributed by atoms with van der Waals surface area (Å²) in [5, 5.41) is 4.12. The van der Waals surface area contributed by atoms with Crippen LogP contribution in [0.25, 0.3) is 5.69 Å². The van der Waals surface area contributed by atoms with E-state index in [1.54, 1.807) is 50.6 Å². The molecule has 2 aromatic carbocycles. The van der Waals surface area contributed by atoms with Gasteiger partial charge in [-0.25, -0.2) is 10.2 Å². The van der Waals surface area contributed by atoms with Crippen LogP contribution in [-0.4, -0.2) is 43.5 Å². The van der Waals surface area contributed by atoms with Crippen molar-refractivity contribution < 1.29 is 23.8 Å². The molecule has 172 valence electrons. The fraction of sp³-hybridized carbons (Fsp3) is 0.240. The predicted molar refractivity (Wildman–Crippen MR) is 126 cm³/mol. The number of amides is 1. The molecule has 0 aliphatic carbocycles. The fourth-order valence-corrected chi connectivity index (χ4v) is 3.51. The second kappa shape index (κ2) is 10.5. The molecule has 1 aromatic heterocycles. The molecule has 0 bridgehead atoms. The van der Waals surface area contributed by atoms with Crippen molar-refractivity contribution in [3.8, 4) is 17.2 Å². The van der Waals surface area contributed by atoms with Crippen LogP contribution in [0.4, 0.5) is 0 Å². The van der Waals surface area contributed by atoms with Gasteiger partial charge in [-0.15, -0.1) is 0 Å². The quantitative estimate of drug-likeness (QED) is 0.318. The van der Waals surface area contributed by atoms with E-state index < -0.39 is 5.91 Å². The molecule has 0 saturated heterocycles. The van der Waals surface area contributed by atoms with Gasteiger partial charge in [-0.1, -0.05) is 6.07 Å². The smallest absolute Gasteiger partial charge is 0.338 e. The molecular weight excluding hydrogens is 422 g/mol. The van der Waals surface area contributed by atoms with Gasteiger partial charge in [0.15, 0.2) is 0 Å². The Hall–Kier alpha value is -4.07. The average Bonchev–Trinajstić information content (AvgIpc) is 3.11. The minimum atomic E-state index is -0.401. The zero-order chi connectivity index (χ0) is 24.0. The van der Waals surface area contributed by atoms with Crippen molar-refractivity contribution in [2.24, 2.45) is 5.10 Å². The number of carbonyl (C=O) groups is 2. The molecule has 0 fully saturated rings. The van der Waals surface area contributed by atoms with E-state index in [1.807, 2.05) is 36.6 Å². The number of esters is 1. The summed E-state index contributed by atoms with van der Waals surface area (Å²) in [7, 11) is 3.03. The molecule has 8 nitrogen and oxygen atoms in total. The molecule has 1 heterocycles. The van der Waals surface area contributed by atoms with Gasteiger partial charge in [0.05, 0.1) is 38.2 Å². The molecule has 0 spiro atoms. The SMILES string of the molecule is CCOC(=O)c1cccc(-n2c(C)cc(/C=N\NC(=O)c3ccc(OC)cc3OC)c2C)c1. The maximum Gasteiger partial charge on any atom is 0.338 e. The number of hydrazone groups is 1. The first-order chi connectivity index (χ1) is 15.9. The number of methoxy groups -OCH3 is 2. The first kappa shape index (κ1) is 23.6. The van der Waals surface area contributed by atoms with Crippen LogP contribution in [-0.2, 0) is 4.74 Å². The Bertz CT molecular complexity index is 1200. The Labute approximate surface area is 192 Å². The van der Waals surface area contributed by atoms with Crippen molar-refractivity contribution in [3.05, 3.63) is 76.6 Å². The van der Waals surface area contributed by atoms with E-state index in [2.05, 4.69) is 10.5 Å². The van der Waals surface area contributed by atoms with E-state index in [-0.39, 0.29) is 5.97 Å². The Morgan fingerprint density at radius 2 is 1.85 bits per heavy atom. The zero-order valence-corrected chi connectivity index (χ0v) is 19.3. The third-order valence-corrected chi connectivity index (χ3v) is 5.11. The number of carbonyl (C=O) groups excluding carboxylic acids is 2. The van der Waals surface area contributed by atoms with Crippen LogP contribution in [0.2, 0.25) is 0 Å². The van der Waals surface area contributed by atoms with Crippen LogP contribution in [0.3, 0.4) is 0 Å². The van der Waals surface area contributed by atoms with Crippen LogP contribution in [0.1, 0.15) is 44.6 Å². The fourth-order valence-electron chi connectivity index (χ4n) is 3.51. The van der Waals surface area contributed by atoms with Crippen molar-refractivity contribution in [1.82, 2.24) is 9.99 Å². The number of hydrogen-bond acceptors (Lipinski definition) is 6. The number of benzene rings is 2. The van der Waals surface area contributed by atoms with Crippen molar-refractivity contribution in [2.75, 3.05) is 20.8 Å². The van der Waals surface area contributed by atoms with Crippen LogP contribution >= 0.6 is 0 Å². The maximum atomic E-state index is 12.6. The number of aromatic nitrogens is 1. The molecule has 0 aliphatic heterocycles. The number of nitrogens with one attached hydrogen (secondary N) is 1. The molecule has 8 heteroatoms. The van der Waals surface area contributed by atoms with Gasteiger partial charge in [0.2, 0.25) is 0 Å². The monoisotopic (exact) mass is 449 g/mol. The number of rotatable bonds is 8. The summed E-state index contributed by atoms with van der Waals surface area (Å²) in [6.45, 7) is 6.00.